The molecule has 0 amide bonds. The van der Waals surface area contributed by atoms with Crippen molar-refractivity contribution < 1.29 is 22.0 Å². The molecule has 272 valence electrons. The van der Waals surface area contributed by atoms with Crippen molar-refractivity contribution in [1.29, 1.82) is 0 Å². The molecule has 1 aliphatic carbocycles. The predicted octanol–water partition coefficient (Wildman–Crippen LogP) is 11.9. The zero-order chi connectivity index (χ0) is 38.1. The number of aromatic nitrogens is 2. The molecule has 0 fully saturated rings. The Balaban J connectivity index is 1.54. The summed E-state index contributed by atoms with van der Waals surface area (Å²) in [7, 11) is -1.26. The first kappa shape index (κ1) is 36.1. The molecule has 1 atom stereocenters. The van der Waals surface area contributed by atoms with Gasteiger partial charge in [-0.15, -0.1) is 0 Å². The van der Waals surface area contributed by atoms with E-state index in [2.05, 4.69) is 49.4 Å². The molecule has 1 aromatic heterocycles. The van der Waals surface area contributed by atoms with Crippen LogP contribution in [0.3, 0.4) is 0 Å². The van der Waals surface area contributed by atoms with E-state index in [1.807, 2.05) is 115 Å². The van der Waals surface area contributed by atoms with Crippen molar-refractivity contribution >= 4 is 24.1 Å². The topological polar surface area (TPSA) is 17.8 Å². The average molecular weight is 753 g/mol. The van der Waals surface area contributed by atoms with Crippen LogP contribution < -0.4 is 10.6 Å². The van der Waals surface area contributed by atoms with Gasteiger partial charge in [-0.2, -0.15) is 0 Å². The smallest absolute Gasteiger partial charge is 0.200 e. The van der Waals surface area contributed by atoms with Gasteiger partial charge in [-0.3, -0.25) is 0 Å². The molecule has 55 heavy (non-hydrogen) atoms. The lowest BCUT2D eigenvalue weighted by atomic mass is 9.82. The summed E-state index contributed by atoms with van der Waals surface area (Å²) in [5, 5.41) is 3.18. The van der Waals surface area contributed by atoms with Gasteiger partial charge in [0.05, 0.1) is 17.9 Å². The van der Waals surface area contributed by atoms with Crippen LogP contribution in [0.4, 0.5) is 22.0 Å². The maximum atomic E-state index is 15.8. The van der Waals surface area contributed by atoms with Gasteiger partial charge in [0.1, 0.15) is 5.82 Å². The number of hydrogen-bond donors (Lipinski definition) is 0. The van der Waals surface area contributed by atoms with Gasteiger partial charge < -0.3 is 4.57 Å². The SMILES string of the molecule is CC1=CCC(c2ccccc2)C(c2nc(-c3ccccc3)c(-c3ccccc3)n2Cc2c(F)c(F)c(F)c(F)c2F)=C1P(c1ccccc1)c1ccccc1. The first-order valence-corrected chi connectivity index (χ1v) is 19.3. The molecular formula is C47H34F5N2P. The van der Waals surface area contributed by atoms with Gasteiger partial charge in [0.25, 0.3) is 0 Å². The van der Waals surface area contributed by atoms with Gasteiger partial charge in [0, 0.05) is 28.2 Å². The van der Waals surface area contributed by atoms with E-state index >= 15 is 8.78 Å². The fourth-order valence-electron chi connectivity index (χ4n) is 7.44. The van der Waals surface area contributed by atoms with Crippen molar-refractivity contribution in [2.24, 2.45) is 0 Å². The molecule has 7 aromatic rings. The van der Waals surface area contributed by atoms with Crippen LogP contribution in [0.25, 0.3) is 28.1 Å². The second kappa shape index (κ2) is 15.4. The highest BCUT2D eigenvalue weighted by molar-refractivity contribution is 7.77. The molecule has 0 aliphatic heterocycles. The van der Waals surface area contributed by atoms with Crippen molar-refractivity contribution in [2.45, 2.75) is 25.8 Å². The summed E-state index contributed by atoms with van der Waals surface area (Å²) in [6.07, 6.45) is 2.82. The number of rotatable bonds is 9. The third-order valence-electron chi connectivity index (χ3n) is 10.0. The lowest BCUT2D eigenvalue weighted by Crippen LogP contribution is -2.20. The van der Waals surface area contributed by atoms with Gasteiger partial charge >= 0.3 is 0 Å². The number of halogens is 5. The highest BCUT2D eigenvalue weighted by Gasteiger charge is 2.36. The van der Waals surface area contributed by atoms with Crippen LogP contribution in [0.15, 0.2) is 169 Å². The summed E-state index contributed by atoms with van der Waals surface area (Å²) in [5.74, 6) is -9.82. The molecule has 1 unspecified atom stereocenters. The number of imidazole rings is 1. The average Bonchev–Trinajstić information content (AvgIpc) is 3.62. The molecule has 1 aliphatic rings. The third kappa shape index (κ3) is 6.74. The minimum Gasteiger partial charge on any atom is -0.319 e. The van der Waals surface area contributed by atoms with Crippen molar-refractivity contribution in [3.8, 4) is 22.5 Å². The largest absolute Gasteiger partial charge is 0.319 e. The number of nitrogens with zero attached hydrogens (tertiary/aromatic N) is 2. The minimum atomic E-state index is -2.20. The molecule has 0 bridgehead atoms. The monoisotopic (exact) mass is 752 g/mol. The lowest BCUT2D eigenvalue weighted by molar-refractivity contribution is 0.368. The molecule has 0 N–H and O–H groups in total. The third-order valence-corrected chi connectivity index (χ3v) is 12.7. The van der Waals surface area contributed by atoms with E-state index in [0.29, 0.717) is 29.2 Å². The zero-order valence-corrected chi connectivity index (χ0v) is 30.6. The van der Waals surface area contributed by atoms with E-state index in [1.165, 1.54) is 0 Å². The Morgan fingerprint density at radius 1 is 0.582 bits per heavy atom. The molecule has 0 saturated heterocycles. The second-order valence-corrected chi connectivity index (χ2v) is 15.5. The van der Waals surface area contributed by atoms with Crippen LogP contribution in [0.5, 0.6) is 0 Å². The summed E-state index contributed by atoms with van der Waals surface area (Å²) in [4.78, 5) is 5.41. The Hall–Kier alpha value is -5.91. The molecule has 8 heteroatoms. The molecule has 0 spiro atoms. The summed E-state index contributed by atoms with van der Waals surface area (Å²) >= 11 is 0. The Kier molecular flexibility index (Phi) is 10.1. The minimum absolute atomic E-state index is 0.276. The van der Waals surface area contributed by atoms with Gasteiger partial charge in [-0.1, -0.05) is 158 Å². The Labute approximate surface area is 317 Å². The summed E-state index contributed by atoms with van der Waals surface area (Å²) in [5.41, 5.74) is 4.31. The molecule has 0 radical (unpaired) electrons. The highest BCUT2D eigenvalue weighted by atomic mass is 31.1. The molecule has 1 heterocycles. The van der Waals surface area contributed by atoms with E-state index in [4.69, 9.17) is 4.98 Å². The van der Waals surface area contributed by atoms with Crippen LogP contribution >= 0.6 is 7.92 Å². The molecular weight excluding hydrogens is 718 g/mol. The Morgan fingerprint density at radius 2 is 1.04 bits per heavy atom. The van der Waals surface area contributed by atoms with Crippen LogP contribution in [-0.2, 0) is 6.54 Å². The van der Waals surface area contributed by atoms with E-state index in [0.717, 1.165) is 38.2 Å². The van der Waals surface area contributed by atoms with E-state index in [-0.39, 0.29) is 5.92 Å². The quantitative estimate of drug-likeness (QED) is 0.0621. The van der Waals surface area contributed by atoms with Crippen LogP contribution in [-0.4, -0.2) is 9.55 Å². The molecule has 6 aromatic carbocycles. The standard InChI is InChI=1S/C47H34F5N2P/c1-30-27-28-36(31-17-7-2-8-18-31)38(46(30)55(34-23-13-5-14-24-34)35-25-15-6-16-26-35)47-53-44(32-19-9-3-10-20-32)45(33-21-11-4-12-22-33)54(47)29-37-39(48)41(50)43(52)42(51)40(37)49/h2-27,36H,28-29H2,1H3. The van der Waals surface area contributed by atoms with Crippen LogP contribution in [0.1, 0.15) is 36.2 Å². The van der Waals surface area contributed by atoms with Crippen LogP contribution in [0.2, 0.25) is 0 Å². The lowest BCUT2D eigenvalue weighted by Gasteiger charge is -2.33. The van der Waals surface area contributed by atoms with E-state index in [9.17, 15) is 13.2 Å². The number of hydrogen-bond acceptors (Lipinski definition) is 1. The van der Waals surface area contributed by atoms with Crippen molar-refractivity contribution in [3.63, 3.8) is 0 Å². The Bertz CT molecular complexity index is 2470. The zero-order valence-electron chi connectivity index (χ0n) is 29.7. The normalized spacial score (nSPS) is 14.4. The summed E-state index contributed by atoms with van der Waals surface area (Å²) < 4.78 is 77.6. The van der Waals surface area contributed by atoms with Crippen molar-refractivity contribution in [2.75, 3.05) is 0 Å². The fraction of sp³-hybridized carbons (Fsp3) is 0.0851. The maximum Gasteiger partial charge on any atom is 0.200 e. The first-order valence-electron chi connectivity index (χ1n) is 17.9. The highest BCUT2D eigenvalue weighted by Crippen LogP contribution is 2.56. The van der Waals surface area contributed by atoms with Crippen molar-refractivity contribution in [1.82, 2.24) is 9.55 Å². The van der Waals surface area contributed by atoms with Gasteiger partial charge in [-0.05, 0) is 48.3 Å². The fourth-order valence-corrected chi connectivity index (χ4v) is 10.1. The van der Waals surface area contributed by atoms with Crippen LogP contribution in [0, 0.1) is 29.1 Å². The maximum absolute atomic E-state index is 15.8. The van der Waals surface area contributed by atoms with Gasteiger partial charge in [-0.25, -0.2) is 26.9 Å². The summed E-state index contributed by atoms with van der Waals surface area (Å²) in [6, 6.07) is 49.1. The first-order chi connectivity index (χ1) is 26.8. The Morgan fingerprint density at radius 3 is 1.56 bits per heavy atom. The molecule has 2 nitrogen and oxygen atoms in total. The van der Waals surface area contributed by atoms with E-state index < -0.39 is 49.1 Å². The van der Waals surface area contributed by atoms with E-state index in [1.54, 1.807) is 4.57 Å². The number of benzene rings is 6. The predicted molar refractivity (Wildman–Crippen MR) is 212 cm³/mol. The number of allylic oxidation sites excluding steroid dienone is 4. The summed E-state index contributed by atoms with van der Waals surface area (Å²) in [6.45, 7) is 1.39. The molecule has 0 saturated carbocycles. The van der Waals surface area contributed by atoms with Gasteiger partial charge in [0.2, 0.25) is 5.82 Å². The molecule has 8 rings (SSSR count). The van der Waals surface area contributed by atoms with Gasteiger partial charge in [0.15, 0.2) is 23.3 Å². The second-order valence-electron chi connectivity index (χ2n) is 13.4. The van der Waals surface area contributed by atoms with Crippen molar-refractivity contribution in [3.05, 3.63) is 215 Å².